The van der Waals surface area contributed by atoms with Gasteiger partial charge in [0, 0.05) is 0 Å². The Hall–Kier alpha value is -0.980. The van der Waals surface area contributed by atoms with Crippen LogP contribution in [-0.2, 0) is 6.42 Å². The molecule has 0 unspecified atom stereocenters. The second-order valence-electron chi connectivity index (χ2n) is 6.07. The molecule has 1 nitrogen and oxygen atoms in total. The van der Waals surface area contributed by atoms with Crippen LogP contribution in [-0.4, -0.2) is 6.61 Å². The fourth-order valence-electron chi connectivity index (χ4n) is 2.62. The molecule has 0 heterocycles. The number of ether oxygens (including phenoxy) is 1. The highest BCUT2D eigenvalue weighted by molar-refractivity contribution is 5.28. The highest BCUT2D eigenvalue weighted by Gasteiger charge is 1.98. The maximum absolute atomic E-state index is 5.88. The number of aryl methyl sites for hydroxylation is 1. The van der Waals surface area contributed by atoms with Crippen molar-refractivity contribution in [2.75, 3.05) is 6.61 Å². The summed E-state index contributed by atoms with van der Waals surface area (Å²) in [4.78, 5) is 0. The molecule has 0 aromatic heterocycles. The highest BCUT2D eigenvalue weighted by atomic mass is 16.5. The summed E-state index contributed by atoms with van der Waals surface area (Å²) in [5.74, 6) is 1.05. The summed E-state index contributed by atoms with van der Waals surface area (Å²) in [5.41, 5.74) is 1.42. The van der Waals surface area contributed by atoms with E-state index in [2.05, 4.69) is 38.1 Å². The van der Waals surface area contributed by atoms with Crippen LogP contribution in [0.5, 0.6) is 5.75 Å². The van der Waals surface area contributed by atoms with E-state index in [1.54, 1.807) is 0 Å². The minimum Gasteiger partial charge on any atom is -0.494 e. The molecule has 1 rings (SSSR count). The minimum absolute atomic E-state index is 0.866. The lowest BCUT2D eigenvalue weighted by Crippen LogP contribution is -1.98. The molecule has 0 radical (unpaired) electrons. The number of benzene rings is 1. The standard InChI is InChI=1S/C20H34O/c1-3-5-7-9-10-12-17-21-20-16-13-15-19(18-20)14-11-8-6-4-2/h13,15-16,18H,3-12,14,17H2,1-2H3. The molecule has 0 aliphatic carbocycles. The Bertz CT molecular complexity index is 345. The van der Waals surface area contributed by atoms with Gasteiger partial charge in [-0.3, -0.25) is 0 Å². The summed E-state index contributed by atoms with van der Waals surface area (Å²) in [6, 6.07) is 8.67. The van der Waals surface area contributed by atoms with Gasteiger partial charge in [-0.05, 0) is 37.0 Å². The summed E-state index contributed by atoms with van der Waals surface area (Å²) in [6.07, 6.45) is 14.4. The van der Waals surface area contributed by atoms with E-state index in [4.69, 9.17) is 4.74 Å². The van der Waals surface area contributed by atoms with Crippen molar-refractivity contribution in [1.82, 2.24) is 0 Å². The van der Waals surface area contributed by atoms with Crippen LogP contribution in [0.25, 0.3) is 0 Å². The molecule has 0 bridgehead atoms. The number of unbranched alkanes of at least 4 members (excludes halogenated alkanes) is 8. The van der Waals surface area contributed by atoms with E-state index in [1.807, 2.05) is 0 Å². The predicted molar refractivity (Wildman–Crippen MR) is 93.2 cm³/mol. The van der Waals surface area contributed by atoms with Gasteiger partial charge >= 0.3 is 0 Å². The van der Waals surface area contributed by atoms with E-state index in [0.29, 0.717) is 0 Å². The van der Waals surface area contributed by atoms with Crippen molar-refractivity contribution in [3.8, 4) is 5.75 Å². The molecule has 0 aliphatic heterocycles. The fourth-order valence-corrected chi connectivity index (χ4v) is 2.62. The van der Waals surface area contributed by atoms with E-state index >= 15 is 0 Å². The average Bonchev–Trinajstić information content (AvgIpc) is 2.51. The van der Waals surface area contributed by atoms with Gasteiger partial charge in [0.15, 0.2) is 0 Å². The van der Waals surface area contributed by atoms with Crippen LogP contribution in [0, 0.1) is 0 Å². The summed E-state index contributed by atoms with van der Waals surface area (Å²) in [7, 11) is 0. The van der Waals surface area contributed by atoms with Crippen molar-refractivity contribution in [3.63, 3.8) is 0 Å². The summed E-state index contributed by atoms with van der Waals surface area (Å²) >= 11 is 0. The second kappa shape index (κ2) is 12.7. The summed E-state index contributed by atoms with van der Waals surface area (Å²) in [5, 5.41) is 0. The topological polar surface area (TPSA) is 9.23 Å². The van der Waals surface area contributed by atoms with Gasteiger partial charge in [-0.25, -0.2) is 0 Å². The van der Waals surface area contributed by atoms with E-state index < -0.39 is 0 Å². The second-order valence-corrected chi connectivity index (χ2v) is 6.07. The predicted octanol–water partition coefficient (Wildman–Crippen LogP) is 6.55. The molecule has 0 saturated heterocycles. The molecule has 21 heavy (non-hydrogen) atoms. The third-order valence-electron chi connectivity index (χ3n) is 3.98. The molecule has 0 fully saturated rings. The first-order chi connectivity index (χ1) is 10.4. The van der Waals surface area contributed by atoms with Crippen molar-refractivity contribution >= 4 is 0 Å². The van der Waals surface area contributed by atoms with Crippen LogP contribution in [0.3, 0.4) is 0 Å². The van der Waals surface area contributed by atoms with Crippen molar-refractivity contribution in [1.29, 1.82) is 0 Å². The van der Waals surface area contributed by atoms with E-state index in [9.17, 15) is 0 Å². The average molecular weight is 290 g/mol. The minimum atomic E-state index is 0.866. The third-order valence-corrected chi connectivity index (χ3v) is 3.98. The van der Waals surface area contributed by atoms with Crippen molar-refractivity contribution < 1.29 is 4.74 Å². The number of hydrogen-bond acceptors (Lipinski definition) is 1. The lowest BCUT2D eigenvalue weighted by molar-refractivity contribution is 0.304. The third kappa shape index (κ3) is 9.55. The Kier molecular flexibility index (Phi) is 11.0. The Morgan fingerprint density at radius 3 is 2.19 bits per heavy atom. The van der Waals surface area contributed by atoms with Crippen LogP contribution >= 0.6 is 0 Å². The maximum atomic E-state index is 5.88. The molecular formula is C20H34O. The normalized spacial score (nSPS) is 10.8. The van der Waals surface area contributed by atoms with Crippen LogP contribution < -0.4 is 4.74 Å². The van der Waals surface area contributed by atoms with Crippen molar-refractivity contribution in [2.24, 2.45) is 0 Å². The largest absolute Gasteiger partial charge is 0.494 e. The molecule has 0 atom stereocenters. The van der Waals surface area contributed by atoms with Crippen LogP contribution in [0.2, 0.25) is 0 Å². The first-order valence-corrected chi connectivity index (χ1v) is 9.08. The maximum Gasteiger partial charge on any atom is 0.119 e. The molecule has 1 aromatic carbocycles. The van der Waals surface area contributed by atoms with Gasteiger partial charge in [0.1, 0.15) is 5.75 Å². The molecule has 1 heteroatoms. The molecule has 0 aliphatic rings. The molecular weight excluding hydrogens is 256 g/mol. The zero-order valence-corrected chi connectivity index (χ0v) is 14.2. The lowest BCUT2D eigenvalue weighted by Gasteiger charge is -2.08. The lowest BCUT2D eigenvalue weighted by atomic mass is 10.1. The first kappa shape index (κ1) is 18.1. The quantitative estimate of drug-likeness (QED) is 0.374. The first-order valence-electron chi connectivity index (χ1n) is 9.08. The summed E-state index contributed by atoms with van der Waals surface area (Å²) < 4.78 is 5.88. The van der Waals surface area contributed by atoms with Gasteiger partial charge in [-0.2, -0.15) is 0 Å². The SMILES string of the molecule is CCCCCCCCOc1cccc(CCCCCC)c1. The fraction of sp³-hybridized carbons (Fsp3) is 0.700. The summed E-state index contributed by atoms with van der Waals surface area (Å²) in [6.45, 7) is 5.39. The Morgan fingerprint density at radius 2 is 1.43 bits per heavy atom. The molecule has 0 spiro atoms. The van der Waals surface area contributed by atoms with Gasteiger partial charge in [0.25, 0.3) is 0 Å². The molecule has 1 aromatic rings. The van der Waals surface area contributed by atoms with Crippen LogP contribution in [0.4, 0.5) is 0 Å². The highest BCUT2D eigenvalue weighted by Crippen LogP contribution is 2.16. The Balaban J connectivity index is 2.14. The van der Waals surface area contributed by atoms with E-state index in [-0.39, 0.29) is 0 Å². The number of rotatable bonds is 13. The van der Waals surface area contributed by atoms with Gasteiger partial charge in [-0.15, -0.1) is 0 Å². The Morgan fingerprint density at radius 1 is 0.762 bits per heavy atom. The van der Waals surface area contributed by atoms with E-state index in [0.717, 1.165) is 12.4 Å². The van der Waals surface area contributed by atoms with E-state index in [1.165, 1.54) is 76.2 Å². The monoisotopic (exact) mass is 290 g/mol. The molecule has 0 amide bonds. The van der Waals surface area contributed by atoms with Crippen LogP contribution in [0.15, 0.2) is 24.3 Å². The zero-order valence-electron chi connectivity index (χ0n) is 14.2. The molecule has 0 N–H and O–H groups in total. The Labute approximate surface area is 132 Å². The van der Waals surface area contributed by atoms with Gasteiger partial charge < -0.3 is 4.74 Å². The van der Waals surface area contributed by atoms with Gasteiger partial charge in [0.2, 0.25) is 0 Å². The van der Waals surface area contributed by atoms with Crippen molar-refractivity contribution in [3.05, 3.63) is 29.8 Å². The number of hydrogen-bond donors (Lipinski definition) is 0. The van der Waals surface area contributed by atoms with Gasteiger partial charge in [-0.1, -0.05) is 77.3 Å². The van der Waals surface area contributed by atoms with Gasteiger partial charge in [0.05, 0.1) is 6.61 Å². The molecule has 120 valence electrons. The zero-order chi connectivity index (χ0) is 15.2. The van der Waals surface area contributed by atoms with Crippen molar-refractivity contribution in [2.45, 2.75) is 84.5 Å². The molecule has 0 saturated carbocycles. The van der Waals surface area contributed by atoms with Crippen LogP contribution in [0.1, 0.15) is 83.6 Å². The smallest absolute Gasteiger partial charge is 0.119 e.